The van der Waals surface area contributed by atoms with E-state index in [4.69, 9.17) is 23.1 Å². The number of benzene rings is 2. The molecule has 1 unspecified atom stereocenters. The zero-order valence-electron chi connectivity index (χ0n) is 23.5. The maximum Gasteiger partial charge on any atom is 0.256 e. The number of nitrogens with two attached hydrogens (primary N) is 2. The molecular weight excluding hydrogens is 590 g/mol. The van der Waals surface area contributed by atoms with Crippen molar-refractivity contribution in [2.75, 3.05) is 31.6 Å². The minimum Gasteiger partial charge on any atom is -0.389 e. The molecule has 1 amide bonds. The molecule has 4 N–H and O–H groups in total. The Labute approximate surface area is 256 Å². The van der Waals surface area contributed by atoms with Gasteiger partial charge in [0.15, 0.2) is 0 Å². The summed E-state index contributed by atoms with van der Waals surface area (Å²) in [5.41, 5.74) is 13.6. The Hall–Kier alpha value is -4.22. The Balaban J connectivity index is 1.60. The molecule has 218 valence electrons. The quantitative estimate of drug-likeness (QED) is 0.268. The lowest BCUT2D eigenvalue weighted by Gasteiger charge is -2.35. The predicted molar refractivity (Wildman–Crippen MR) is 166 cm³/mol. The second-order valence-electron chi connectivity index (χ2n) is 10.8. The molecule has 6 rings (SSSR count). The van der Waals surface area contributed by atoms with Crippen LogP contribution < -0.4 is 11.5 Å². The molecule has 1 fully saturated rings. The number of rotatable bonds is 3. The molecule has 11 heteroatoms. The monoisotopic (exact) mass is 616 g/mol. The van der Waals surface area contributed by atoms with E-state index >= 15 is 4.39 Å². The summed E-state index contributed by atoms with van der Waals surface area (Å²) in [5, 5.41) is 10.2. The Morgan fingerprint density at radius 3 is 2.67 bits per heavy atom. The van der Waals surface area contributed by atoms with Gasteiger partial charge in [-0.15, -0.1) is 11.3 Å². The molecule has 0 spiro atoms. The Bertz CT molecular complexity index is 1920. The number of pyridine rings is 1. The summed E-state index contributed by atoms with van der Waals surface area (Å²) in [6, 6.07) is 7.64. The maximum absolute atomic E-state index is 16.9. The second-order valence-corrected chi connectivity index (χ2v) is 12.2. The highest BCUT2D eigenvalue weighted by atomic mass is 35.5. The third-order valence-electron chi connectivity index (χ3n) is 8.42. The molecule has 2 aliphatic heterocycles. The molecule has 0 radical (unpaired) electrons. The summed E-state index contributed by atoms with van der Waals surface area (Å²) in [4.78, 5) is 22.1. The number of nitrogen functional groups attached to an aromatic ring is 2. The van der Waals surface area contributed by atoms with Crippen LogP contribution in [0.2, 0.25) is 5.02 Å². The second kappa shape index (κ2) is 11.1. The van der Waals surface area contributed by atoms with Crippen molar-refractivity contribution >= 4 is 49.7 Å². The zero-order valence-corrected chi connectivity index (χ0v) is 25.0. The van der Waals surface area contributed by atoms with Gasteiger partial charge in [0.05, 0.1) is 38.5 Å². The molecule has 2 aliphatic rings. The number of amides is 1. The lowest BCUT2D eigenvalue weighted by Crippen LogP contribution is -2.40. The van der Waals surface area contributed by atoms with Crippen LogP contribution in [-0.4, -0.2) is 46.9 Å². The van der Waals surface area contributed by atoms with E-state index in [1.165, 1.54) is 12.1 Å². The number of thiophene rings is 1. The van der Waals surface area contributed by atoms with Crippen LogP contribution in [0.5, 0.6) is 0 Å². The summed E-state index contributed by atoms with van der Waals surface area (Å²) in [6.45, 7) is 3.01. The average Bonchev–Trinajstić information content (AvgIpc) is 3.56. The van der Waals surface area contributed by atoms with Crippen LogP contribution in [0.15, 0.2) is 30.5 Å². The zero-order chi connectivity index (χ0) is 30.6. The number of halogens is 3. The highest BCUT2D eigenvalue weighted by molar-refractivity contribution is 7.23. The number of likely N-dealkylation sites (tertiary alicyclic amines) is 1. The first-order valence-corrected chi connectivity index (χ1v) is 15.0. The summed E-state index contributed by atoms with van der Waals surface area (Å²) in [6.07, 6.45) is 3.68. The van der Waals surface area contributed by atoms with Gasteiger partial charge >= 0.3 is 0 Å². The van der Waals surface area contributed by atoms with Crippen molar-refractivity contribution in [3.63, 3.8) is 0 Å². The van der Waals surface area contributed by atoms with Gasteiger partial charge in [0, 0.05) is 29.3 Å². The lowest BCUT2D eigenvalue weighted by atomic mass is 9.86. The summed E-state index contributed by atoms with van der Waals surface area (Å²) >= 11 is 7.88. The van der Waals surface area contributed by atoms with Crippen molar-refractivity contribution in [2.24, 2.45) is 0 Å². The fourth-order valence-corrected chi connectivity index (χ4v) is 7.45. The van der Waals surface area contributed by atoms with Gasteiger partial charge < -0.3 is 16.4 Å². The molecule has 43 heavy (non-hydrogen) atoms. The maximum atomic E-state index is 16.9. The minimum atomic E-state index is -0.804. The van der Waals surface area contributed by atoms with Crippen LogP contribution in [-0.2, 0) is 6.42 Å². The van der Waals surface area contributed by atoms with E-state index in [-0.39, 0.29) is 60.5 Å². The number of hydrogen-bond donors (Lipinski definition) is 2. The predicted octanol–water partition coefficient (Wildman–Crippen LogP) is 6.14. The molecular formula is C32H27ClF2N6OS. The fraction of sp³-hybridized carbons (Fsp3) is 0.281. The normalized spacial score (nSPS) is 17.4. The van der Waals surface area contributed by atoms with Gasteiger partial charge in [-0.05, 0) is 63.0 Å². The number of carbonyl (C=O) groups excluding carboxylic acids is 1. The molecule has 0 saturated carbocycles. The highest BCUT2D eigenvalue weighted by Crippen LogP contribution is 2.47. The molecule has 2 aromatic carbocycles. The van der Waals surface area contributed by atoms with Crippen LogP contribution in [0.1, 0.15) is 58.4 Å². The van der Waals surface area contributed by atoms with Crippen LogP contribution in [0.25, 0.3) is 21.2 Å². The van der Waals surface area contributed by atoms with Crippen molar-refractivity contribution < 1.29 is 13.6 Å². The molecule has 7 nitrogen and oxygen atoms in total. The molecule has 1 saturated heterocycles. The van der Waals surface area contributed by atoms with Gasteiger partial charge in [0.1, 0.15) is 28.5 Å². The molecule has 0 aliphatic carbocycles. The van der Waals surface area contributed by atoms with Crippen LogP contribution >= 0.6 is 22.9 Å². The third kappa shape index (κ3) is 4.67. The van der Waals surface area contributed by atoms with Crippen molar-refractivity contribution in [3.8, 4) is 29.0 Å². The molecule has 4 heterocycles. The summed E-state index contributed by atoms with van der Waals surface area (Å²) in [5.74, 6) is 4.69. The van der Waals surface area contributed by atoms with E-state index in [0.29, 0.717) is 23.4 Å². The Morgan fingerprint density at radius 2 is 1.98 bits per heavy atom. The standard InChI is InChI=1S/C32H27ClF2N6OS/c1-16(18-6-3-12-39-30(18)37)41-14-11-20-25(32(41)42)21(8-7-17-5-4-13-40(17)2)28(35)26(27(20)33)19-9-10-23(34)29-24(19)22(15-36)31(38)43-29/h3,6,9-10,12,16-17H,4-5,11,13-14,38H2,1-2H3,(H2,37,39)/t16-,17?/m1/s1. The number of carbonyl (C=O) groups is 1. The largest absolute Gasteiger partial charge is 0.389 e. The summed E-state index contributed by atoms with van der Waals surface area (Å²) < 4.78 is 31.9. The molecule has 4 aromatic rings. The average molecular weight is 617 g/mol. The van der Waals surface area contributed by atoms with E-state index in [0.717, 1.165) is 30.7 Å². The van der Waals surface area contributed by atoms with Crippen molar-refractivity contribution in [1.29, 1.82) is 5.26 Å². The number of hydrogen-bond acceptors (Lipinski definition) is 7. The number of anilines is 2. The first-order chi connectivity index (χ1) is 20.6. The van der Waals surface area contributed by atoms with Gasteiger partial charge in [-0.1, -0.05) is 35.6 Å². The number of fused-ring (bicyclic) bond motifs is 2. The van der Waals surface area contributed by atoms with Gasteiger partial charge in [-0.25, -0.2) is 13.8 Å². The number of nitrogens with zero attached hydrogens (tertiary/aromatic N) is 4. The lowest BCUT2D eigenvalue weighted by molar-refractivity contribution is 0.0672. The Morgan fingerprint density at radius 1 is 1.19 bits per heavy atom. The topological polar surface area (TPSA) is 112 Å². The minimum absolute atomic E-state index is 0.0270. The molecule has 0 bridgehead atoms. The van der Waals surface area contributed by atoms with Crippen LogP contribution in [0, 0.1) is 34.8 Å². The van der Waals surface area contributed by atoms with Crippen molar-refractivity contribution in [2.45, 2.75) is 38.3 Å². The van der Waals surface area contributed by atoms with E-state index in [9.17, 15) is 14.4 Å². The third-order valence-corrected chi connectivity index (χ3v) is 9.87. The van der Waals surface area contributed by atoms with Gasteiger partial charge in [0.2, 0.25) is 0 Å². The van der Waals surface area contributed by atoms with Crippen LogP contribution in [0.4, 0.5) is 19.6 Å². The fourth-order valence-electron chi connectivity index (χ4n) is 6.12. The number of aromatic nitrogens is 1. The first-order valence-electron chi connectivity index (χ1n) is 13.8. The van der Waals surface area contributed by atoms with E-state index in [2.05, 4.69) is 21.7 Å². The Kier molecular flexibility index (Phi) is 7.47. The van der Waals surface area contributed by atoms with Crippen LogP contribution in [0.3, 0.4) is 0 Å². The van der Waals surface area contributed by atoms with Crippen molar-refractivity contribution in [1.82, 2.24) is 14.8 Å². The van der Waals surface area contributed by atoms with Crippen molar-refractivity contribution in [3.05, 3.63) is 74.9 Å². The summed E-state index contributed by atoms with van der Waals surface area (Å²) in [7, 11) is 1.96. The van der Waals surface area contributed by atoms with E-state index in [1.807, 2.05) is 26.1 Å². The smallest absolute Gasteiger partial charge is 0.256 e. The van der Waals surface area contributed by atoms with Gasteiger partial charge in [0.25, 0.3) is 5.91 Å². The molecule has 2 aromatic heterocycles. The molecule has 2 atom stereocenters. The first kappa shape index (κ1) is 28.9. The number of nitriles is 1. The highest BCUT2D eigenvalue weighted by Gasteiger charge is 2.37. The SMILES string of the molecule is C[C@H](c1cccnc1N)N1CCc2c(Cl)c(-c3ccc(F)c4sc(N)c(C#N)c34)c(F)c(C#CC3CCCN3C)c2C1=O. The van der Waals surface area contributed by atoms with E-state index < -0.39 is 23.6 Å². The van der Waals surface area contributed by atoms with Gasteiger partial charge in [-0.3, -0.25) is 9.69 Å². The van der Waals surface area contributed by atoms with Gasteiger partial charge in [-0.2, -0.15) is 5.26 Å². The van der Waals surface area contributed by atoms with E-state index in [1.54, 1.807) is 17.2 Å².